The lowest BCUT2D eigenvalue weighted by atomic mass is 9.87. The number of carbonyl (C=O) groups excluding carboxylic acids is 1. The second kappa shape index (κ2) is 8.53. The van der Waals surface area contributed by atoms with E-state index in [1.807, 2.05) is 30.3 Å². The summed E-state index contributed by atoms with van der Waals surface area (Å²) in [7, 11) is 4.80. The molecule has 27 heavy (non-hydrogen) atoms. The molecule has 3 rings (SSSR count). The predicted molar refractivity (Wildman–Crippen MR) is 105 cm³/mol. The maximum absolute atomic E-state index is 12.4. The van der Waals surface area contributed by atoms with Crippen LogP contribution in [0.2, 0.25) is 5.02 Å². The van der Waals surface area contributed by atoms with Gasteiger partial charge in [0.15, 0.2) is 11.5 Å². The van der Waals surface area contributed by atoms with Crippen molar-refractivity contribution in [3.63, 3.8) is 0 Å². The van der Waals surface area contributed by atoms with E-state index >= 15 is 0 Å². The molecule has 0 fully saturated rings. The zero-order chi connectivity index (χ0) is 19.4. The van der Waals surface area contributed by atoms with E-state index in [2.05, 4.69) is 5.32 Å². The van der Waals surface area contributed by atoms with Crippen molar-refractivity contribution in [2.24, 2.45) is 0 Å². The first-order valence-corrected chi connectivity index (χ1v) is 9.28. The van der Waals surface area contributed by atoms with Gasteiger partial charge in [0, 0.05) is 6.04 Å². The molecule has 2 aromatic carbocycles. The van der Waals surface area contributed by atoms with Crippen molar-refractivity contribution in [2.75, 3.05) is 21.3 Å². The second-order valence-electron chi connectivity index (χ2n) is 6.60. The van der Waals surface area contributed by atoms with Crippen molar-refractivity contribution in [1.29, 1.82) is 0 Å². The maximum atomic E-state index is 12.4. The predicted octanol–water partition coefficient (Wildman–Crippen LogP) is 3.58. The lowest BCUT2D eigenvalue weighted by Gasteiger charge is -2.27. The van der Waals surface area contributed by atoms with Gasteiger partial charge in [-0.25, -0.2) is 0 Å². The van der Waals surface area contributed by atoms with Crippen LogP contribution in [0.1, 0.15) is 23.1 Å². The Kier molecular flexibility index (Phi) is 6.11. The minimum atomic E-state index is 0.00483. The van der Waals surface area contributed by atoms with Crippen LogP contribution >= 0.6 is 11.6 Å². The SMILES string of the molecule is COc1ccc(CC(=O)NC2CCc3cc(OC)c(OC)c(Cl)c3C2)cc1. The smallest absolute Gasteiger partial charge is 0.224 e. The van der Waals surface area contributed by atoms with Gasteiger partial charge in [-0.2, -0.15) is 0 Å². The maximum Gasteiger partial charge on any atom is 0.224 e. The quantitative estimate of drug-likeness (QED) is 0.820. The number of methoxy groups -OCH3 is 3. The Morgan fingerprint density at radius 2 is 1.89 bits per heavy atom. The zero-order valence-electron chi connectivity index (χ0n) is 15.8. The van der Waals surface area contributed by atoms with Gasteiger partial charge in [0.25, 0.3) is 0 Å². The van der Waals surface area contributed by atoms with E-state index in [4.69, 9.17) is 25.8 Å². The number of fused-ring (bicyclic) bond motifs is 1. The van der Waals surface area contributed by atoms with E-state index in [1.54, 1.807) is 21.3 Å². The van der Waals surface area contributed by atoms with Crippen LogP contribution in [0.15, 0.2) is 30.3 Å². The first kappa shape index (κ1) is 19.4. The highest BCUT2D eigenvalue weighted by Gasteiger charge is 2.26. The minimum Gasteiger partial charge on any atom is -0.497 e. The number of amides is 1. The fourth-order valence-corrected chi connectivity index (χ4v) is 3.86. The van der Waals surface area contributed by atoms with Gasteiger partial charge in [-0.3, -0.25) is 4.79 Å². The van der Waals surface area contributed by atoms with Gasteiger partial charge in [-0.05, 0) is 54.2 Å². The summed E-state index contributed by atoms with van der Waals surface area (Å²) in [6, 6.07) is 9.57. The molecule has 0 heterocycles. The number of aryl methyl sites for hydroxylation is 1. The summed E-state index contributed by atoms with van der Waals surface area (Å²) in [6.45, 7) is 0. The van der Waals surface area contributed by atoms with E-state index in [0.717, 1.165) is 35.3 Å². The third-order valence-electron chi connectivity index (χ3n) is 4.91. The van der Waals surface area contributed by atoms with E-state index in [-0.39, 0.29) is 11.9 Å². The molecule has 1 atom stereocenters. The fourth-order valence-electron chi connectivity index (χ4n) is 3.49. The molecule has 0 aliphatic heterocycles. The lowest BCUT2D eigenvalue weighted by molar-refractivity contribution is -0.121. The van der Waals surface area contributed by atoms with Crippen LogP contribution in [-0.2, 0) is 24.1 Å². The van der Waals surface area contributed by atoms with Crippen LogP contribution in [0, 0.1) is 0 Å². The van der Waals surface area contributed by atoms with Crippen LogP contribution < -0.4 is 19.5 Å². The second-order valence-corrected chi connectivity index (χ2v) is 6.97. The van der Waals surface area contributed by atoms with Gasteiger partial charge in [0.1, 0.15) is 5.75 Å². The van der Waals surface area contributed by atoms with Crippen molar-refractivity contribution in [3.05, 3.63) is 52.0 Å². The highest BCUT2D eigenvalue weighted by Crippen LogP contribution is 2.42. The molecule has 0 radical (unpaired) electrons. The van der Waals surface area contributed by atoms with Crippen molar-refractivity contribution in [2.45, 2.75) is 31.7 Å². The summed E-state index contributed by atoms with van der Waals surface area (Å²) < 4.78 is 15.9. The number of hydrogen-bond acceptors (Lipinski definition) is 4. The van der Waals surface area contributed by atoms with Gasteiger partial charge in [0.05, 0.1) is 32.8 Å². The molecular formula is C21H24ClNO4. The van der Waals surface area contributed by atoms with Gasteiger partial charge in [0.2, 0.25) is 5.91 Å². The molecule has 1 aliphatic rings. The van der Waals surface area contributed by atoms with Crippen molar-refractivity contribution >= 4 is 17.5 Å². The molecule has 2 aromatic rings. The van der Waals surface area contributed by atoms with E-state index < -0.39 is 0 Å². The van der Waals surface area contributed by atoms with Crippen LogP contribution in [-0.4, -0.2) is 33.3 Å². The number of benzene rings is 2. The summed E-state index contributed by atoms with van der Waals surface area (Å²) >= 11 is 6.54. The van der Waals surface area contributed by atoms with Crippen molar-refractivity contribution in [3.8, 4) is 17.2 Å². The Labute approximate surface area is 164 Å². The summed E-state index contributed by atoms with van der Waals surface area (Å²) in [5.74, 6) is 1.97. The summed E-state index contributed by atoms with van der Waals surface area (Å²) in [6.07, 6.45) is 2.73. The number of ether oxygens (including phenoxy) is 3. The Morgan fingerprint density at radius 3 is 2.52 bits per heavy atom. The minimum absolute atomic E-state index is 0.00483. The lowest BCUT2D eigenvalue weighted by Crippen LogP contribution is -2.39. The summed E-state index contributed by atoms with van der Waals surface area (Å²) in [4.78, 5) is 12.4. The third kappa shape index (κ3) is 4.30. The van der Waals surface area contributed by atoms with Crippen LogP contribution in [0.3, 0.4) is 0 Å². The van der Waals surface area contributed by atoms with Gasteiger partial charge >= 0.3 is 0 Å². The summed E-state index contributed by atoms with van der Waals surface area (Å²) in [5, 5.41) is 3.70. The standard InChI is InChI=1S/C21H24ClNO4/c1-25-16-8-4-13(5-9-16)10-19(24)23-15-7-6-14-11-18(26-2)21(27-3)20(22)17(14)12-15/h4-5,8-9,11,15H,6-7,10,12H2,1-3H3,(H,23,24). The normalized spacial score (nSPS) is 15.6. The monoisotopic (exact) mass is 389 g/mol. The first-order chi connectivity index (χ1) is 13.0. The van der Waals surface area contributed by atoms with Crippen LogP contribution in [0.4, 0.5) is 0 Å². The van der Waals surface area contributed by atoms with Gasteiger partial charge in [-0.1, -0.05) is 23.7 Å². The molecule has 0 aromatic heterocycles. The molecule has 144 valence electrons. The average molecular weight is 390 g/mol. The average Bonchev–Trinajstić information content (AvgIpc) is 2.68. The van der Waals surface area contributed by atoms with Gasteiger partial charge < -0.3 is 19.5 Å². The number of halogens is 1. The highest BCUT2D eigenvalue weighted by molar-refractivity contribution is 6.33. The molecule has 0 spiro atoms. The first-order valence-electron chi connectivity index (χ1n) is 8.90. The Hall–Kier alpha value is -2.40. The largest absolute Gasteiger partial charge is 0.497 e. The molecule has 1 amide bonds. The molecule has 1 N–H and O–H groups in total. The fraction of sp³-hybridized carbons (Fsp3) is 0.381. The molecule has 1 aliphatic carbocycles. The molecule has 1 unspecified atom stereocenters. The topological polar surface area (TPSA) is 56.8 Å². The van der Waals surface area contributed by atoms with Crippen molar-refractivity contribution in [1.82, 2.24) is 5.32 Å². The number of rotatable bonds is 6. The Morgan fingerprint density at radius 1 is 1.15 bits per heavy atom. The molecule has 0 bridgehead atoms. The zero-order valence-corrected chi connectivity index (χ0v) is 16.6. The summed E-state index contributed by atoms with van der Waals surface area (Å²) in [5.41, 5.74) is 3.13. The highest BCUT2D eigenvalue weighted by atomic mass is 35.5. The van der Waals surface area contributed by atoms with Gasteiger partial charge in [-0.15, -0.1) is 0 Å². The number of nitrogens with one attached hydrogen (secondary N) is 1. The Bertz CT molecular complexity index is 820. The molecular weight excluding hydrogens is 366 g/mol. The number of hydrogen-bond donors (Lipinski definition) is 1. The van der Waals surface area contributed by atoms with Crippen molar-refractivity contribution < 1.29 is 19.0 Å². The molecule has 5 nitrogen and oxygen atoms in total. The third-order valence-corrected chi connectivity index (χ3v) is 5.31. The van der Waals surface area contributed by atoms with Crippen LogP contribution in [0.5, 0.6) is 17.2 Å². The Balaban J connectivity index is 1.67. The van der Waals surface area contributed by atoms with E-state index in [9.17, 15) is 4.79 Å². The van der Waals surface area contributed by atoms with E-state index in [1.165, 1.54) is 0 Å². The van der Waals surface area contributed by atoms with Crippen LogP contribution in [0.25, 0.3) is 0 Å². The number of carbonyl (C=O) groups is 1. The van der Waals surface area contributed by atoms with E-state index in [0.29, 0.717) is 29.4 Å². The molecule has 0 saturated heterocycles. The molecule has 6 heteroatoms. The molecule has 0 saturated carbocycles.